The molecule has 0 radical (unpaired) electrons. The number of morpholine rings is 1. The van der Waals surface area contributed by atoms with Gasteiger partial charge in [-0.1, -0.05) is 30.3 Å². The highest BCUT2D eigenvalue weighted by Crippen LogP contribution is 2.20. The highest BCUT2D eigenvalue weighted by Gasteiger charge is 2.21. The zero-order valence-corrected chi connectivity index (χ0v) is 16.0. The minimum atomic E-state index is -0.465. The van der Waals surface area contributed by atoms with Crippen LogP contribution in [0.3, 0.4) is 0 Å². The summed E-state index contributed by atoms with van der Waals surface area (Å²) in [6.45, 7) is 2.43. The number of ether oxygens (including phenoxy) is 2. The molecule has 2 heterocycles. The Morgan fingerprint density at radius 3 is 2.69 bits per heavy atom. The number of hydrogen-bond donors (Lipinski definition) is 2. The number of aromatic amines is 1. The second kappa shape index (κ2) is 8.79. The molecule has 4 rings (SSSR count). The minimum absolute atomic E-state index is 0.258. The third kappa shape index (κ3) is 4.41. The van der Waals surface area contributed by atoms with Crippen molar-refractivity contribution in [2.24, 2.45) is 0 Å². The van der Waals surface area contributed by atoms with Crippen molar-refractivity contribution in [1.82, 2.24) is 15.2 Å². The van der Waals surface area contributed by atoms with Gasteiger partial charge in [-0.3, -0.25) is 4.79 Å². The molecule has 1 fully saturated rings. The summed E-state index contributed by atoms with van der Waals surface area (Å²) in [5.74, 6) is -0.0104. The first-order valence-electron chi connectivity index (χ1n) is 9.69. The van der Waals surface area contributed by atoms with Gasteiger partial charge in [-0.05, 0) is 30.2 Å². The quantitative estimate of drug-likeness (QED) is 0.698. The molecule has 7 heteroatoms. The van der Waals surface area contributed by atoms with Gasteiger partial charge in [0.2, 0.25) is 0 Å². The maximum absolute atomic E-state index is 12.7. The Morgan fingerprint density at radius 2 is 1.83 bits per heavy atom. The number of carbonyl (C=O) groups is 2. The molecule has 2 amide bonds. The Bertz CT molecular complexity index is 1010. The van der Waals surface area contributed by atoms with Gasteiger partial charge < -0.3 is 24.7 Å². The van der Waals surface area contributed by atoms with Crippen LogP contribution in [0.25, 0.3) is 10.9 Å². The topological polar surface area (TPSA) is 83.7 Å². The fraction of sp³-hybridized carbons (Fsp3) is 0.273. The number of aromatic nitrogens is 1. The third-order valence-electron chi connectivity index (χ3n) is 4.95. The lowest BCUT2D eigenvalue weighted by Crippen LogP contribution is -2.42. The summed E-state index contributed by atoms with van der Waals surface area (Å²) in [5.41, 5.74) is 2.56. The van der Waals surface area contributed by atoms with Gasteiger partial charge in [0, 0.05) is 36.7 Å². The van der Waals surface area contributed by atoms with Crippen molar-refractivity contribution in [3.63, 3.8) is 0 Å². The lowest BCUT2D eigenvalue weighted by Gasteiger charge is -2.26. The largest absolute Gasteiger partial charge is 0.415 e. The van der Waals surface area contributed by atoms with Crippen LogP contribution in [0.4, 0.5) is 4.79 Å². The number of carbonyl (C=O) groups excluding carboxylic acids is 2. The zero-order valence-electron chi connectivity index (χ0n) is 16.0. The maximum atomic E-state index is 12.7. The van der Waals surface area contributed by atoms with Crippen molar-refractivity contribution in [2.75, 3.05) is 32.8 Å². The molecular formula is C22H23N3O4. The third-order valence-corrected chi connectivity index (χ3v) is 4.95. The first kappa shape index (κ1) is 19.0. The minimum Gasteiger partial charge on any atom is -0.409 e. The second-order valence-corrected chi connectivity index (χ2v) is 6.83. The average Bonchev–Trinajstić information content (AvgIpc) is 3.18. The van der Waals surface area contributed by atoms with Gasteiger partial charge in [-0.2, -0.15) is 0 Å². The molecule has 0 saturated carbocycles. The van der Waals surface area contributed by atoms with Gasteiger partial charge >= 0.3 is 6.09 Å². The first-order chi connectivity index (χ1) is 14.2. The lowest BCUT2D eigenvalue weighted by atomic mass is 10.1. The van der Waals surface area contributed by atoms with E-state index in [-0.39, 0.29) is 11.7 Å². The van der Waals surface area contributed by atoms with E-state index in [1.165, 1.54) is 0 Å². The summed E-state index contributed by atoms with van der Waals surface area (Å²) in [5, 5.41) is 4.07. The van der Waals surface area contributed by atoms with Crippen LogP contribution in [-0.2, 0) is 11.2 Å². The Labute approximate surface area is 168 Å². The van der Waals surface area contributed by atoms with Crippen LogP contribution in [-0.4, -0.2) is 54.7 Å². The average molecular weight is 393 g/mol. The van der Waals surface area contributed by atoms with Gasteiger partial charge in [0.15, 0.2) is 0 Å². The van der Waals surface area contributed by atoms with Gasteiger partial charge in [0.05, 0.1) is 18.8 Å². The van der Waals surface area contributed by atoms with Crippen molar-refractivity contribution in [3.8, 4) is 5.75 Å². The van der Waals surface area contributed by atoms with Crippen LogP contribution in [0.15, 0.2) is 54.7 Å². The normalized spacial score (nSPS) is 14.0. The van der Waals surface area contributed by atoms with Gasteiger partial charge in [0.1, 0.15) is 5.75 Å². The highest BCUT2D eigenvalue weighted by molar-refractivity contribution is 5.97. The van der Waals surface area contributed by atoms with Gasteiger partial charge in [-0.15, -0.1) is 0 Å². The number of para-hydroxylation sites is 2. The van der Waals surface area contributed by atoms with E-state index in [1.807, 2.05) is 24.4 Å². The Kier molecular flexibility index (Phi) is 5.76. The second-order valence-electron chi connectivity index (χ2n) is 6.83. The van der Waals surface area contributed by atoms with E-state index < -0.39 is 6.09 Å². The molecule has 0 aliphatic carbocycles. The molecule has 1 aliphatic heterocycles. The molecule has 3 aromatic rings. The molecule has 0 atom stereocenters. The fourth-order valence-electron chi connectivity index (χ4n) is 3.39. The molecule has 0 spiro atoms. The highest BCUT2D eigenvalue weighted by atomic mass is 16.6. The Morgan fingerprint density at radius 1 is 1.07 bits per heavy atom. The summed E-state index contributed by atoms with van der Waals surface area (Å²) >= 11 is 0. The van der Waals surface area contributed by atoms with E-state index in [2.05, 4.69) is 16.4 Å². The van der Waals surface area contributed by atoms with Crippen LogP contribution in [0, 0.1) is 0 Å². The number of nitrogens with one attached hydrogen (secondary N) is 2. The zero-order chi connectivity index (χ0) is 20.1. The standard InChI is InChI=1S/C22H23N3O4/c26-21(23-10-9-16-15-24-19-7-3-1-5-17(16)19)18-6-2-4-8-20(18)29-22(27)25-11-13-28-14-12-25/h1-8,15,24H,9-14H2,(H,23,26). The summed E-state index contributed by atoms with van der Waals surface area (Å²) in [6, 6.07) is 14.8. The number of rotatable bonds is 5. The van der Waals surface area contributed by atoms with E-state index in [0.717, 1.165) is 16.5 Å². The molecule has 150 valence electrons. The van der Waals surface area contributed by atoms with E-state index in [0.29, 0.717) is 44.8 Å². The molecule has 1 saturated heterocycles. The summed E-state index contributed by atoms with van der Waals surface area (Å²) in [6.07, 6.45) is 2.20. The van der Waals surface area contributed by atoms with Crippen molar-refractivity contribution in [3.05, 3.63) is 65.9 Å². The molecule has 2 aromatic carbocycles. The van der Waals surface area contributed by atoms with Gasteiger partial charge in [0.25, 0.3) is 5.91 Å². The molecule has 0 unspecified atom stereocenters. The number of hydrogen-bond acceptors (Lipinski definition) is 4. The summed E-state index contributed by atoms with van der Waals surface area (Å²) in [4.78, 5) is 29.8. The molecular weight excluding hydrogens is 370 g/mol. The molecule has 29 heavy (non-hydrogen) atoms. The summed E-state index contributed by atoms with van der Waals surface area (Å²) < 4.78 is 10.7. The Hall–Kier alpha value is -3.32. The summed E-state index contributed by atoms with van der Waals surface area (Å²) in [7, 11) is 0. The van der Waals surface area contributed by atoms with Crippen LogP contribution >= 0.6 is 0 Å². The predicted molar refractivity (Wildman–Crippen MR) is 109 cm³/mol. The molecule has 0 bridgehead atoms. The molecule has 1 aromatic heterocycles. The van der Waals surface area contributed by atoms with E-state index in [1.54, 1.807) is 29.2 Å². The van der Waals surface area contributed by atoms with E-state index in [9.17, 15) is 9.59 Å². The smallest absolute Gasteiger partial charge is 0.409 e. The number of H-pyrrole nitrogens is 1. The molecule has 7 nitrogen and oxygen atoms in total. The van der Waals surface area contributed by atoms with Crippen molar-refractivity contribution in [2.45, 2.75) is 6.42 Å². The van der Waals surface area contributed by atoms with E-state index in [4.69, 9.17) is 9.47 Å². The Balaban J connectivity index is 1.37. The number of amides is 2. The molecule has 2 N–H and O–H groups in total. The monoisotopic (exact) mass is 393 g/mol. The first-order valence-corrected chi connectivity index (χ1v) is 9.69. The predicted octanol–water partition coefficient (Wildman–Crippen LogP) is 2.97. The van der Waals surface area contributed by atoms with Crippen molar-refractivity contribution < 1.29 is 19.1 Å². The van der Waals surface area contributed by atoms with E-state index >= 15 is 0 Å². The molecule has 1 aliphatic rings. The lowest BCUT2D eigenvalue weighted by molar-refractivity contribution is 0.0415. The van der Waals surface area contributed by atoms with Crippen LogP contribution in [0.2, 0.25) is 0 Å². The SMILES string of the molecule is O=C(NCCc1c[nH]c2ccccc12)c1ccccc1OC(=O)N1CCOCC1. The van der Waals surface area contributed by atoms with Crippen LogP contribution in [0.5, 0.6) is 5.75 Å². The number of fused-ring (bicyclic) bond motifs is 1. The van der Waals surface area contributed by atoms with Gasteiger partial charge in [-0.25, -0.2) is 4.79 Å². The maximum Gasteiger partial charge on any atom is 0.415 e. The van der Waals surface area contributed by atoms with Crippen LogP contribution < -0.4 is 10.1 Å². The van der Waals surface area contributed by atoms with Crippen molar-refractivity contribution in [1.29, 1.82) is 0 Å². The number of nitrogens with zero attached hydrogens (tertiary/aromatic N) is 1. The van der Waals surface area contributed by atoms with Crippen molar-refractivity contribution >= 4 is 22.9 Å². The fourth-order valence-corrected chi connectivity index (χ4v) is 3.39. The van der Waals surface area contributed by atoms with Crippen LogP contribution in [0.1, 0.15) is 15.9 Å². The number of benzene rings is 2.